The van der Waals surface area contributed by atoms with Crippen LogP contribution in [0.3, 0.4) is 0 Å². The molecule has 13 heteroatoms. The average Bonchev–Trinajstić information content (AvgIpc) is 3.63. The number of pyridine rings is 1. The lowest BCUT2D eigenvalue weighted by Gasteiger charge is -2.28. The molecule has 7 rings (SSSR count). The van der Waals surface area contributed by atoms with E-state index in [-0.39, 0.29) is 5.91 Å². The Kier molecular flexibility index (Phi) is 8.86. The molecule has 0 bridgehead atoms. The van der Waals surface area contributed by atoms with Gasteiger partial charge in [-0.1, -0.05) is 0 Å². The summed E-state index contributed by atoms with van der Waals surface area (Å²) >= 11 is 0. The second-order valence-electron chi connectivity index (χ2n) is 12.1. The molecule has 0 saturated carbocycles. The molecule has 1 atom stereocenters. The molecule has 2 aliphatic rings. The molecule has 13 nitrogen and oxygen atoms in total. The van der Waals surface area contributed by atoms with Crippen molar-refractivity contribution >= 4 is 40.2 Å². The number of fused-ring (bicyclic) bond motifs is 1. The normalized spacial score (nSPS) is 16.4. The number of carbonyl (C=O) groups excluding carboxylic acids is 2. The number of benzene rings is 2. The topological polar surface area (TPSA) is 142 Å². The molecule has 2 fully saturated rings. The monoisotopic (exact) mass is 644 g/mol. The lowest BCUT2D eigenvalue weighted by Crippen LogP contribution is -2.37. The molecule has 0 spiro atoms. The zero-order valence-electron chi connectivity index (χ0n) is 26.8. The van der Waals surface area contributed by atoms with Gasteiger partial charge >= 0.3 is 6.03 Å². The highest BCUT2D eigenvalue weighted by Gasteiger charge is 2.28. The van der Waals surface area contributed by atoms with Crippen molar-refractivity contribution in [3.05, 3.63) is 85.1 Å². The molecule has 48 heavy (non-hydrogen) atoms. The van der Waals surface area contributed by atoms with Crippen LogP contribution in [0.1, 0.15) is 16.8 Å². The standard InChI is InChI=1S/C35H36N10O3/c1-43(2)29-11-12-45(21-29)34(46)24-5-9-28(10-6-24)40-35(47)39-27-7-3-23(4-8-27)32-41-30-17-25(26-18-36-22-37-19-26)20-38-31(30)33(42-32)44-13-15-48-16-14-44/h3-10,17-20,22,29H,11-16,21H2,1-2H3,(H2,39,40,47)/t29-/m0/s1. The van der Waals surface area contributed by atoms with Crippen LogP contribution in [0.15, 0.2) is 79.5 Å². The Balaban J connectivity index is 1.05. The van der Waals surface area contributed by atoms with Crippen LogP contribution in [0, 0.1) is 0 Å². The Morgan fingerprint density at radius 3 is 2.19 bits per heavy atom. The molecule has 2 aliphatic heterocycles. The fourth-order valence-electron chi connectivity index (χ4n) is 5.96. The lowest BCUT2D eigenvalue weighted by molar-refractivity contribution is 0.0783. The van der Waals surface area contributed by atoms with E-state index < -0.39 is 6.03 Å². The average molecular weight is 645 g/mol. The number of anilines is 3. The Morgan fingerprint density at radius 1 is 0.833 bits per heavy atom. The largest absolute Gasteiger partial charge is 0.378 e. The maximum Gasteiger partial charge on any atom is 0.323 e. The predicted octanol–water partition coefficient (Wildman–Crippen LogP) is 4.41. The van der Waals surface area contributed by atoms with Gasteiger partial charge < -0.3 is 30.1 Å². The van der Waals surface area contributed by atoms with Gasteiger partial charge in [0.15, 0.2) is 11.6 Å². The van der Waals surface area contributed by atoms with E-state index in [9.17, 15) is 9.59 Å². The lowest BCUT2D eigenvalue weighted by atomic mass is 10.1. The zero-order chi connectivity index (χ0) is 33.0. The number of rotatable bonds is 7. The number of likely N-dealkylation sites (tertiary alicyclic amines) is 1. The van der Waals surface area contributed by atoms with E-state index in [0.717, 1.165) is 42.0 Å². The molecule has 3 amide bonds. The maximum absolute atomic E-state index is 12.9. The van der Waals surface area contributed by atoms with Gasteiger partial charge in [-0.05, 0) is 75.1 Å². The first-order chi connectivity index (χ1) is 23.4. The fraction of sp³-hybridized carbons (Fsp3) is 0.286. The number of urea groups is 1. The minimum Gasteiger partial charge on any atom is -0.378 e. The van der Waals surface area contributed by atoms with Crippen LogP contribution in [0.2, 0.25) is 0 Å². The van der Waals surface area contributed by atoms with E-state index in [1.807, 2.05) is 49.3 Å². The van der Waals surface area contributed by atoms with Crippen LogP contribution >= 0.6 is 0 Å². The van der Waals surface area contributed by atoms with E-state index in [4.69, 9.17) is 19.7 Å². The third kappa shape index (κ3) is 6.77. The number of nitrogens with one attached hydrogen (secondary N) is 2. The third-order valence-corrected chi connectivity index (χ3v) is 8.69. The number of hydrogen-bond donors (Lipinski definition) is 2. The summed E-state index contributed by atoms with van der Waals surface area (Å²) in [6.45, 7) is 4.09. The highest BCUT2D eigenvalue weighted by Crippen LogP contribution is 2.30. The van der Waals surface area contributed by atoms with Gasteiger partial charge in [0.25, 0.3) is 5.91 Å². The number of nitrogens with zero attached hydrogens (tertiary/aromatic N) is 8. The number of aromatic nitrogens is 5. The van der Waals surface area contributed by atoms with Gasteiger partial charge in [-0.2, -0.15) is 0 Å². The van der Waals surface area contributed by atoms with Crippen LogP contribution in [-0.2, 0) is 4.74 Å². The van der Waals surface area contributed by atoms with Gasteiger partial charge in [-0.25, -0.2) is 24.7 Å². The summed E-state index contributed by atoms with van der Waals surface area (Å²) in [7, 11) is 4.08. The van der Waals surface area contributed by atoms with Crippen molar-refractivity contribution in [1.29, 1.82) is 0 Å². The van der Waals surface area contributed by atoms with Crippen LogP contribution in [0.25, 0.3) is 33.5 Å². The SMILES string of the molecule is CN(C)[C@H]1CCN(C(=O)c2ccc(NC(=O)Nc3ccc(-c4nc(N5CCOCC5)c5ncc(-c6cncnc6)cc5n4)cc3)cc2)C1. The van der Waals surface area contributed by atoms with E-state index >= 15 is 0 Å². The molecule has 0 radical (unpaired) electrons. The smallest absolute Gasteiger partial charge is 0.323 e. The molecule has 3 aromatic heterocycles. The third-order valence-electron chi connectivity index (χ3n) is 8.69. The number of amides is 3. The van der Waals surface area contributed by atoms with Crippen molar-refractivity contribution in [3.63, 3.8) is 0 Å². The van der Waals surface area contributed by atoms with Crippen molar-refractivity contribution in [2.24, 2.45) is 0 Å². The molecule has 2 N–H and O–H groups in total. The Morgan fingerprint density at radius 2 is 1.52 bits per heavy atom. The van der Waals surface area contributed by atoms with E-state index in [1.165, 1.54) is 6.33 Å². The van der Waals surface area contributed by atoms with Crippen LogP contribution in [0.4, 0.5) is 22.0 Å². The first-order valence-electron chi connectivity index (χ1n) is 15.9. The summed E-state index contributed by atoms with van der Waals surface area (Å²) in [5.41, 5.74) is 5.71. The minimum absolute atomic E-state index is 0.00500. The highest BCUT2D eigenvalue weighted by atomic mass is 16.5. The number of carbonyl (C=O) groups is 2. The molecule has 0 unspecified atom stereocenters. The van der Waals surface area contributed by atoms with Crippen molar-refractivity contribution in [2.45, 2.75) is 12.5 Å². The number of morpholine rings is 1. The molecule has 0 aliphatic carbocycles. The van der Waals surface area contributed by atoms with Gasteiger partial charge in [0.05, 0.1) is 18.7 Å². The van der Waals surface area contributed by atoms with Gasteiger partial charge in [-0.15, -0.1) is 0 Å². The Bertz CT molecular complexity index is 1910. The van der Waals surface area contributed by atoms with Crippen molar-refractivity contribution in [3.8, 4) is 22.5 Å². The van der Waals surface area contributed by atoms with Crippen molar-refractivity contribution < 1.29 is 14.3 Å². The van der Waals surface area contributed by atoms with E-state index in [1.54, 1.807) is 42.9 Å². The van der Waals surface area contributed by atoms with Crippen LogP contribution in [0.5, 0.6) is 0 Å². The van der Waals surface area contributed by atoms with Crippen molar-refractivity contribution in [1.82, 2.24) is 34.7 Å². The summed E-state index contributed by atoms with van der Waals surface area (Å²) in [5, 5.41) is 5.71. The van der Waals surface area contributed by atoms with Gasteiger partial charge in [0.2, 0.25) is 0 Å². The highest BCUT2D eigenvalue weighted by molar-refractivity contribution is 6.00. The first kappa shape index (κ1) is 31.1. The van der Waals surface area contributed by atoms with Crippen molar-refractivity contribution in [2.75, 3.05) is 69.0 Å². The van der Waals surface area contributed by atoms with Gasteiger partial charge in [0, 0.05) is 84.4 Å². The minimum atomic E-state index is -0.393. The van der Waals surface area contributed by atoms with E-state index in [0.29, 0.717) is 66.1 Å². The predicted molar refractivity (Wildman–Crippen MR) is 184 cm³/mol. The molecular formula is C35H36N10O3. The maximum atomic E-state index is 12.9. The quantitative estimate of drug-likeness (QED) is 0.262. The van der Waals surface area contributed by atoms with Gasteiger partial charge in [0.1, 0.15) is 11.8 Å². The first-order valence-corrected chi connectivity index (χ1v) is 15.9. The van der Waals surface area contributed by atoms with E-state index in [2.05, 4.69) is 30.4 Å². The Hall–Kier alpha value is -5.53. The summed E-state index contributed by atoms with van der Waals surface area (Å²) in [5.74, 6) is 1.30. The summed E-state index contributed by atoms with van der Waals surface area (Å²) < 4.78 is 5.58. The summed E-state index contributed by atoms with van der Waals surface area (Å²) in [6, 6.07) is 16.3. The fourth-order valence-corrected chi connectivity index (χ4v) is 5.96. The second kappa shape index (κ2) is 13.7. The zero-order valence-corrected chi connectivity index (χ0v) is 26.8. The molecule has 5 heterocycles. The summed E-state index contributed by atoms with van der Waals surface area (Å²) in [6.07, 6.45) is 7.74. The second-order valence-corrected chi connectivity index (χ2v) is 12.1. The molecule has 2 saturated heterocycles. The van der Waals surface area contributed by atoms with Gasteiger partial charge in [-0.3, -0.25) is 9.78 Å². The molecule has 5 aromatic rings. The van der Waals surface area contributed by atoms with Crippen LogP contribution < -0.4 is 15.5 Å². The Labute approximate surface area is 278 Å². The van der Waals surface area contributed by atoms with Crippen LogP contribution in [-0.4, -0.2) is 106 Å². The number of hydrogen-bond acceptors (Lipinski definition) is 10. The molecule has 2 aromatic carbocycles. The molecule has 244 valence electrons. The molecular weight excluding hydrogens is 608 g/mol. The number of ether oxygens (including phenoxy) is 1. The summed E-state index contributed by atoms with van der Waals surface area (Å²) in [4.78, 5) is 54.8. The number of likely N-dealkylation sites (N-methyl/N-ethyl adjacent to an activating group) is 1.